The Labute approximate surface area is 105 Å². The van der Waals surface area contributed by atoms with Crippen molar-refractivity contribution in [3.63, 3.8) is 0 Å². The predicted octanol–water partition coefficient (Wildman–Crippen LogP) is 4.92. The minimum atomic E-state index is 1.32. The highest BCUT2D eigenvalue weighted by molar-refractivity contribution is 5.36. The molecule has 17 heavy (non-hydrogen) atoms. The van der Waals surface area contributed by atoms with Crippen LogP contribution in [0.1, 0.15) is 27.8 Å². The van der Waals surface area contributed by atoms with E-state index in [9.17, 15) is 0 Å². The molecule has 0 N–H and O–H groups in total. The van der Waals surface area contributed by atoms with E-state index in [4.69, 9.17) is 0 Å². The molecule has 0 bridgehead atoms. The minimum Gasteiger partial charge on any atom is -0.0622 e. The van der Waals surface area contributed by atoms with E-state index in [2.05, 4.69) is 58.9 Å². The van der Waals surface area contributed by atoms with Crippen LogP contribution in [0.25, 0.3) is 0 Å². The quantitative estimate of drug-likeness (QED) is 0.598. The van der Waals surface area contributed by atoms with Crippen LogP contribution >= 0.6 is 0 Å². The van der Waals surface area contributed by atoms with Gasteiger partial charge in [0.1, 0.15) is 0 Å². The number of rotatable bonds is 0. The van der Waals surface area contributed by atoms with Crippen molar-refractivity contribution in [1.29, 1.82) is 0 Å². The molecule has 0 spiro atoms. The summed E-state index contributed by atoms with van der Waals surface area (Å²) < 4.78 is 0. The Hall–Kier alpha value is -1.56. The van der Waals surface area contributed by atoms with Gasteiger partial charge in [-0.3, -0.25) is 0 Å². The third-order valence-electron chi connectivity index (χ3n) is 3.01. The molecular formula is C17H22. The molecule has 2 aromatic rings. The maximum absolute atomic E-state index is 2.22. The summed E-state index contributed by atoms with van der Waals surface area (Å²) in [6.45, 7) is 10.7. The maximum Gasteiger partial charge on any atom is -0.0392 e. The van der Waals surface area contributed by atoms with E-state index in [1.807, 2.05) is 18.2 Å². The second-order valence-electron chi connectivity index (χ2n) is 4.68. The van der Waals surface area contributed by atoms with Crippen molar-refractivity contribution in [1.82, 2.24) is 0 Å². The molecule has 2 rings (SSSR count). The van der Waals surface area contributed by atoms with Crippen LogP contribution in [0.15, 0.2) is 42.5 Å². The van der Waals surface area contributed by atoms with E-state index in [0.29, 0.717) is 0 Å². The van der Waals surface area contributed by atoms with E-state index < -0.39 is 0 Å². The first-order chi connectivity index (χ1) is 8.00. The van der Waals surface area contributed by atoms with Crippen molar-refractivity contribution >= 4 is 0 Å². The van der Waals surface area contributed by atoms with Crippen LogP contribution in [0, 0.1) is 34.6 Å². The average molecular weight is 226 g/mol. The van der Waals surface area contributed by atoms with E-state index in [-0.39, 0.29) is 0 Å². The molecule has 90 valence electrons. The third-order valence-corrected chi connectivity index (χ3v) is 3.01. The molecule has 0 saturated carbocycles. The van der Waals surface area contributed by atoms with Gasteiger partial charge in [0.2, 0.25) is 0 Å². The smallest absolute Gasteiger partial charge is 0.0392 e. The summed E-state index contributed by atoms with van der Waals surface area (Å²) in [6.07, 6.45) is 0. The average Bonchev–Trinajstić information content (AvgIpc) is 2.27. The Morgan fingerprint density at radius 3 is 1.41 bits per heavy atom. The Kier molecular flexibility index (Phi) is 4.96. The number of hydrogen-bond acceptors (Lipinski definition) is 0. The molecule has 0 heterocycles. The van der Waals surface area contributed by atoms with Crippen molar-refractivity contribution in [2.24, 2.45) is 0 Å². The highest BCUT2D eigenvalue weighted by Gasteiger charge is 1.95. The molecule has 0 aliphatic heterocycles. The molecule has 0 heteroatoms. The second kappa shape index (κ2) is 6.24. The molecule has 0 unspecified atom stereocenters. The fourth-order valence-electron chi connectivity index (χ4n) is 1.79. The highest BCUT2D eigenvalue weighted by Crippen LogP contribution is 2.13. The molecule has 0 nitrogen and oxygen atoms in total. The lowest BCUT2D eigenvalue weighted by Gasteiger charge is -2.04. The summed E-state index contributed by atoms with van der Waals surface area (Å²) >= 11 is 0. The number of aryl methyl sites for hydroxylation is 4. The highest BCUT2D eigenvalue weighted by atomic mass is 14.0. The number of benzene rings is 2. The molecule has 0 aromatic heterocycles. The van der Waals surface area contributed by atoms with Crippen LogP contribution in [0.5, 0.6) is 0 Å². The van der Waals surface area contributed by atoms with E-state index in [0.717, 1.165) is 0 Å². The number of hydrogen-bond donors (Lipinski definition) is 0. The standard InChI is InChI=1S/C10H14.C7H8/c1-7-5-8(2)10(4)9(3)6-7;1-7-5-3-2-4-6-7/h5-6H,1-4H3;2-6H,1H3. The van der Waals surface area contributed by atoms with Gasteiger partial charge in [-0.25, -0.2) is 0 Å². The van der Waals surface area contributed by atoms with Gasteiger partial charge in [-0.1, -0.05) is 53.6 Å². The van der Waals surface area contributed by atoms with Gasteiger partial charge < -0.3 is 0 Å². The van der Waals surface area contributed by atoms with E-state index in [1.54, 1.807) is 0 Å². The third kappa shape index (κ3) is 4.44. The van der Waals surface area contributed by atoms with Crippen molar-refractivity contribution in [2.45, 2.75) is 34.6 Å². The molecule has 0 atom stereocenters. The molecule has 2 aromatic carbocycles. The normalized spacial score (nSPS) is 9.47. The fraction of sp³-hybridized carbons (Fsp3) is 0.294. The van der Waals surface area contributed by atoms with Crippen LogP contribution in [-0.2, 0) is 0 Å². The first-order valence-corrected chi connectivity index (χ1v) is 6.07. The van der Waals surface area contributed by atoms with E-state index >= 15 is 0 Å². The van der Waals surface area contributed by atoms with Gasteiger partial charge in [0.25, 0.3) is 0 Å². The zero-order valence-electron chi connectivity index (χ0n) is 11.5. The lowest BCUT2D eigenvalue weighted by atomic mass is 10.0. The summed E-state index contributed by atoms with van der Waals surface area (Å²) in [7, 11) is 0. The minimum absolute atomic E-state index is 1.32. The van der Waals surface area contributed by atoms with Gasteiger partial charge in [-0.15, -0.1) is 0 Å². The Morgan fingerprint density at radius 1 is 0.588 bits per heavy atom. The Bertz CT molecular complexity index is 444. The van der Waals surface area contributed by atoms with E-state index in [1.165, 1.54) is 27.8 Å². The van der Waals surface area contributed by atoms with Gasteiger partial charge in [-0.2, -0.15) is 0 Å². The molecule has 0 aliphatic carbocycles. The van der Waals surface area contributed by atoms with Crippen LogP contribution in [-0.4, -0.2) is 0 Å². The van der Waals surface area contributed by atoms with Crippen LogP contribution in [0.3, 0.4) is 0 Å². The summed E-state index contributed by atoms with van der Waals surface area (Å²) in [5, 5.41) is 0. The monoisotopic (exact) mass is 226 g/mol. The van der Waals surface area contributed by atoms with Gasteiger partial charge in [-0.05, 0) is 51.3 Å². The lowest BCUT2D eigenvalue weighted by Crippen LogP contribution is -1.86. The maximum atomic E-state index is 2.22. The summed E-state index contributed by atoms with van der Waals surface area (Å²) in [5.74, 6) is 0. The van der Waals surface area contributed by atoms with Crippen molar-refractivity contribution in [3.05, 3.63) is 70.3 Å². The first kappa shape index (κ1) is 13.5. The van der Waals surface area contributed by atoms with Crippen LogP contribution < -0.4 is 0 Å². The summed E-state index contributed by atoms with van der Waals surface area (Å²) in [5.41, 5.74) is 6.91. The molecule has 0 fully saturated rings. The van der Waals surface area contributed by atoms with Crippen LogP contribution in [0.4, 0.5) is 0 Å². The topological polar surface area (TPSA) is 0 Å². The van der Waals surface area contributed by atoms with Crippen LogP contribution in [0.2, 0.25) is 0 Å². The van der Waals surface area contributed by atoms with Gasteiger partial charge >= 0.3 is 0 Å². The molecule has 0 saturated heterocycles. The zero-order valence-corrected chi connectivity index (χ0v) is 11.5. The Morgan fingerprint density at radius 2 is 1.06 bits per heavy atom. The molecular weight excluding hydrogens is 204 g/mol. The van der Waals surface area contributed by atoms with Gasteiger partial charge in [0.15, 0.2) is 0 Å². The van der Waals surface area contributed by atoms with Crippen molar-refractivity contribution < 1.29 is 0 Å². The molecule has 0 aliphatic rings. The van der Waals surface area contributed by atoms with Gasteiger partial charge in [0.05, 0.1) is 0 Å². The summed E-state index contributed by atoms with van der Waals surface area (Å²) in [6, 6.07) is 14.7. The molecule has 0 amide bonds. The summed E-state index contributed by atoms with van der Waals surface area (Å²) in [4.78, 5) is 0. The SMILES string of the molecule is Cc1cc(C)c(C)c(C)c1.Cc1ccccc1. The Balaban J connectivity index is 0.000000181. The molecule has 0 radical (unpaired) electrons. The van der Waals surface area contributed by atoms with Crippen molar-refractivity contribution in [3.8, 4) is 0 Å². The lowest BCUT2D eigenvalue weighted by molar-refractivity contribution is 1.23. The second-order valence-corrected chi connectivity index (χ2v) is 4.68. The largest absolute Gasteiger partial charge is 0.0622 e. The zero-order chi connectivity index (χ0) is 12.8. The van der Waals surface area contributed by atoms with Crippen molar-refractivity contribution in [2.75, 3.05) is 0 Å². The first-order valence-electron chi connectivity index (χ1n) is 6.07. The fourth-order valence-corrected chi connectivity index (χ4v) is 1.79. The van der Waals surface area contributed by atoms with Gasteiger partial charge in [0, 0.05) is 0 Å². The predicted molar refractivity (Wildman–Crippen MR) is 76.6 cm³/mol.